The molecular weight excluding hydrogens is 394 g/mol. The number of hydrogen-bond acceptors (Lipinski definition) is 3. The van der Waals surface area contributed by atoms with Gasteiger partial charge in [0, 0.05) is 39.8 Å². The highest BCUT2D eigenvalue weighted by atomic mass is 79.9. The third-order valence-electron chi connectivity index (χ3n) is 4.71. The number of pyridine rings is 1. The Hall–Kier alpha value is 0.0300. The second kappa shape index (κ2) is 7.07. The molecule has 2 saturated heterocycles. The molecule has 3 nitrogen and oxygen atoms in total. The molecule has 3 heterocycles. The lowest BCUT2D eigenvalue weighted by atomic mass is 9.97. The summed E-state index contributed by atoms with van der Waals surface area (Å²) < 4.78 is 2.13. The van der Waals surface area contributed by atoms with Gasteiger partial charge in [-0.05, 0) is 76.6 Å². The van der Waals surface area contributed by atoms with Crippen LogP contribution in [0.3, 0.4) is 0 Å². The van der Waals surface area contributed by atoms with Gasteiger partial charge in [0.1, 0.15) is 0 Å². The molecule has 2 bridgehead atoms. The normalized spacial score (nSPS) is 28.3. The van der Waals surface area contributed by atoms with Gasteiger partial charge >= 0.3 is 0 Å². The summed E-state index contributed by atoms with van der Waals surface area (Å²) in [5.41, 5.74) is 1.15. The molecule has 21 heavy (non-hydrogen) atoms. The van der Waals surface area contributed by atoms with E-state index in [1.165, 1.54) is 32.1 Å². The molecule has 116 valence electrons. The number of hydrogen-bond donors (Lipinski definition) is 1. The van der Waals surface area contributed by atoms with Crippen LogP contribution in [0.1, 0.15) is 44.7 Å². The first-order valence-electron chi connectivity index (χ1n) is 7.95. The molecule has 2 fully saturated rings. The van der Waals surface area contributed by atoms with Crippen molar-refractivity contribution in [1.82, 2.24) is 15.2 Å². The SMILES string of the molecule is CCCN(Cc1ncc(Br)cc1Br)C1CC2CCC(C1)N2. The molecule has 3 rings (SSSR count). The van der Waals surface area contributed by atoms with Crippen LogP contribution in [-0.2, 0) is 6.54 Å². The Labute approximate surface area is 144 Å². The summed E-state index contributed by atoms with van der Waals surface area (Å²) in [5, 5.41) is 3.74. The van der Waals surface area contributed by atoms with Crippen LogP contribution in [0.2, 0.25) is 0 Å². The number of rotatable bonds is 5. The summed E-state index contributed by atoms with van der Waals surface area (Å²) in [6.45, 7) is 4.38. The lowest BCUT2D eigenvalue weighted by Crippen LogP contribution is -2.48. The Morgan fingerprint density at radius 1 is 1.29 bits per heavy atom. The molecule has 2 atom stereocenters. The second-order valence-corrected chi connectivity index (χ2v) is 8.09. The molecule has 0 spiro atoms. The molecule has 2 aliphatic rings. The summed E-state index contributed by atoms with van der Waals surface area (Å²) in [4.78, 5) is 7.24. The molecule has 0 saturated carbocycles. The average molecular weight is 417 g/mol. The van der Waals surface area contributed by atoms with Crippen LogP contribution in [0.15, 0.2) is 21.2 Å². The molecule has 1 aromatic rings. The van der Waals surface area contributed by atoms with E-state index in [0.29, 0.717) is 6.04 Å². The van der Waals surface area contributed by atoms with Crippen LogP contribution in [0.5, 0.6) is 0 Å². The fraction of sp³-hybridized carbons (Fsp3) is 0.688. The van der Waals surface area contributed by atoms with Gasteiger partial charge in [-0.1, -0.05) is 6.92 Å². The van der Waals surface area contributed by atoms with Crippen molar-refractivity contribution >= 4 is 31.9 Å². The third kappa shape index (κ3) is 3.87. The molecule has 1 N–H and O–H groups in total. The zero-order valence-corrected chi connectivity index (χ0v) is 15.7. The molecule has 0 amide bonds. The predicted molar refractivity (Wildman–Crippen MR) is 93.3 cm³/mol. The first-order valence-corrected chi connectivity index (χ1v) is 9.54. The Balaban J connectivity index is 1.72. The van der Waals surface area contributed by atoms with Gasteiger partial charge in [0.05, 0.1) is 5.69 Å². The fourth-order valence-corrected chi connectivity index (χ4v) is 4.87. The standard InChI is InChI=1S/C16H23Br2N3/c1-2-5-21(10-16-15(18)6-11(17)9-19-16)14-7-12-3-4-13(8-14)20-12/h6,9,12-14,20H,2-5,7-8,10H2,1H3. The first-order chi connectivity index (χ1) is 10.2. The van der Waals surface area contributed by atoms with E-state index in [-0.39, 0.29) is 0 Å². The van der Waals surface area contributed by atoms with Crippen LogP contribution >= 0.6 is 31.9 Å². The minimum absolute atomic E-state index is 0.709. The molecule has 2 aliphatic heterocycles. The van der Waals surface area contributed by atoms with E-state index in [9.17, 15) is 0 Å². The maximum Gasteiger partial charge on any atom is 0.0686 e. The van der Waals surface area contributed by atoms with Crippen LogP contribution in [0.4, 0.5) is 0 Å². The van der Waals surface area contributed by atoms with Gasteiger partial charge in [-0.25, -0.2) is 0 Å². The van der Waals surface area contributed by atoms with Crippen molar-refractivity contribution < 1.29 is 0 Å². The van der Waals surface area contributed by atoms with Crippen molar-refractivity contribution in [2.24, 2.45) is 0 Å². The Morgan fingerprint density at radius 3 is 2.62 bits per heavy atom. The maximum absolute atomic E-state index is 4.60. The largest absolute Gasteiger partial charge is 0.311 e. The molecule has 0 aromatic carbocycles. The number of nitrogens with one attached hydrogen (secondary N) is 1. The van der Waals surface area contributed by atoms with Crippen LogP contribution in [-0.4, -0.2) is 34.6 Å². The van der Waals surface area contributed by atoms with Crippen molar-refractivity contribution in [3.05, 3.63) is 26.9 Å². The lowest BCUT2D eigenvalue weighted by Gasteiger charge is -2.37. The number of piperidine rings is 1. The Kier molecular flexibility index (Phi) is 5.36. The number of halogens is 2. The van der Waals surface area contributed by atoms with Crippen molar-refractivity contribution in [2.75, 3.05) is 6.54 Å². The summed E-state index contributed by atoms with van der Waals surface area (Å²) in [6, 6.07) is 4.29. The first kappa shape index (κ1) is 15.9. The van der Waals surface area contributed by atoms with Gasteiger partial charge in [0.25, 0.3) is 0 Å². The lowest BCUT2D eigenvalue weighted by molar-refractivity contribution is 0.132. The molecule has 5 heteroatoms. The highest BCUT2D eigenvalue weighted by Crippen LogP contribution is 2.31. The van der Waals surface area contributed by atoms with Gasteiger partial charge in [-0.3, -0.25) is 9.88 Å². The predicted octanol–water partition coefficient (Wildman–Crippen LogP) is 4.10. The van der Waals surface area contributed by atoms with E-state index in [1.807, 2.05) is 6.20 Å². The highest BCUT2D eigenvalue weighted by Gasteiger charge is 2.35. The molecule has 1 aromatic heterocycles. The van der Waals surface area contributed by atoms with E-state index in [1.54, 1.807) is 0 Å². The van der Waals surface area contributed by atoms with Gasteiger partial charge in [-0.15, -0.1) is 0 Å². The van der Waals surface area contributed by atoms with Crippen molar-refractivity contribution in [2.45, 2.75) is 63.7 Å². The summed E-state index contributed by atoms with van der Waals surface area (Å²) in [6.07, 6.45) is 8.42. The topological polar surface area (TPSA) is 28.2 Å². The van der Waals surface area contributed by atoms with Crippen LogP contribution in [0, 0.1) is 0 Å². The summed E-state index contributed by atoms with van der Waals surface area (Å²) in [7, 11) is 0. The maximum atomic E-state index is 4.60. The molecule has 0 aliphatic carbocycles. The third-order valence-corrected chi connectivity index (χ3v) is 5.83. The molecular formula is C16H23Br2N3. The quantitative estimate of drug-likeness (QED) is 0.782. The fourth-order valence-electron chi connectivity index (χ4n) is 3.75. The summed E-state index contributed by atoms with van der Waals surface area (Å²) >= 11 is 7.13. The van der Waals surface area contributed by atoms with Gasteiger partial charge in [0.2, 0.25) is 0 Å². The van der Waals surface area contributed by atoms with Crippen molar-refractivity contribution in [3.8, 4) is 0 Å². The van der Waals surface area contributed by atoms with Crippen molar-refractivity contribution in [1.29, 1.82) is 0 Å². The van der Waals surface area contributed by atoms with Gasteiger partial charge < -0.3 is 5.32 Å². The monoisotopic (exact) mass is 415 g/mol. The zero-order chi connectivity index (χ0) is 14.8. The van der Waals surface area contributed by atoms with E-state index < -0.39 is 0 Å². The summed E-state index contributed by atoms with van der Waals surface area (Å²) in [5.74, 6) is 0. The smallest absolute Gasteiger partial charge is 0.0686 e. The Bertz CT molecular complexity index is 482. The molecule has 2 unspecified atom stereocenters. The minimum atomic E-state index is 0.709. The zero-order valence-electron chi connectivity index (χ0n) is 12.5. The highest BCUT2D eigenvalue weighted by molar-refractivity contribution is 9.11. The van der Waals surface area contributed by atoms with Gasteiger partial charge in [-0.2, -0.15) is 0 Å². The van der Waals surface area contributed by atoms with Crippen LogP contribution < -0.4 is 5.32 Å². The van der Waals surface area contributed by atoms with E-state index in [0.717, 1.165) is 39.8 Å². The average Bonchev–Trinajstić information content (AvgIpc) is 2.79. The van der Waals surface area contributed by atoms with Gasteiger partial charge in [0.15, 0.2) is 0 Å². The second-order valence-electron chi connectivity index (χ2n) is 6.32. The van der Waals surface area contributed by atoms with E-state index >= 15 is 0 Å². The number of fused-ring (bicyclic) bond motifs is 2. The Morgan fingerprint density at radius 2 is 2.00 bits per heavy atom. The van der Waals surface area contributed by atoms with E-state index in [2.05, 4.69) is 60.1 Å². The minimum Gasteiger partial charge on any atom is -0.311 e. The van der Waals surface area contributed by atoms with Crippen molar-refractivity contribution in [3.63, 3.8) is 0 Å². The van der Waals surface area contributed by atoms with Crippen LogP contribution in [0.25, 0.3) is 0 Å². The number of nitrogens with zero attached hydrogens (tertiary/aromatic N) is 2. The van der Waals surface area contributed by atoms with E-state index in [4.69, 9.17) is 0 Å². The molecule has 0 radical (unpaired) electrons. The number of aromatic nitrogens is 1.